The largest absolute Gasteiger partial charge is 0.496 e. The van der Waals surface area contributed by atoms with Gasteiger partial charge in [-0.05, 0) is 38.9 Å². The van der Waals surface area contributed by atoms with Gasteiger partial charge in [-0.15, -0.1) is 34.2 Å². The predicted octanol–water partition coefficient (Wildman–Crippen LogP) is 3.25. The van der Waals surface area contributed by atoms with Crippen LogP contribution in [0.1, 0.15) is 50.5 Å². The average Bonchev–Trinajstić information content (AvgIpc) is 3.27. The summed E-state index contributed by atoms with van der Waals surface area (Å²) in [6, 6.07) is 8.54. The van der Waals surface area contributed by atoms with Crippen LogP contribution in [0.15, 0.2) is 35.6 Å². The van der Waals surface area contributed by atoms with Crippen LogP contribution in [0, 0.1) is 0 Å². The third-order valence-electron chi connectivity index (χ3n) is 5.75. The van der Waals surface area contributed by atoms with Gasteiger partial charge in [0.1, 0.15) is 17.9 Å². The lowest BCUT2D eigenvalue weighted by Crippen LogP contribution is -2.40. The SMILES string of the molecule is CCNC(=NCC(c1ccccc1OC)N1CCCCC1)NCCn1cnnc1CC.I. The fraction of sp³-hybridized carbons (Fsp3) is 0.609. The zero-order valence-corrected chi connectivity index (χ0v) is 21.9. The zero-order valence-electron chi connectivity index (χ0n) is 19.6. The minimum absolute atomic E-state index is 0. The molecule has 1 aliphatic heterocycles. The van der Waals surface area contributed by atoms with Crippen LogP contribution >= 0.6 is 24.0 Å². The predicted molar refractivity (Wildman–Crippen MR) is 140 cm³/mol. The van der Waals surface area contributed by atoms with E-state index in [4.69, 9.17) is 9.73 Å². The molecule has 1 aliphatic rings. The van der Waals surface area contributed by atoms with Gasteiger partial charge in [-0.1, -0.05) is 31.5 Å². The number of guanidine groups is 1. The fourth-order valence-electron chi connectivity index (χ4n) is 4.14. The Labute approximate surface area is 209 Å². The van der Waals surface area contributed by atoms with Crippen molar-refractivity contribution in [3.8, 4) is 5.75 Å². The molecule has 0 amide bonds. The summed E-state index contributed by atoms with van der Waals surface area (Å²) in [5.41, 5.74) is 1.21. The summed E-state index contributed by atoms with van der Waals surface area (Å²) in [6.07, 6.45) is 6.47. The van der Waals surface area contributed by atoms with E-state index >= 15 is 0 Å². The normalized spacial score (nSPS) is 15.7. The van der Waals surface area contributed by atoms with Gasteiger partial charge in [0, 0.05) is 31.6 Å². The van der Waals surface area contributed by atoms with Crippen LogP contribution in [-0.4, -0.2) is 65.5 Å². The summed E-state index contributed by atoms with van der Waals surface area (Å²) in [7, 11) is 1.75. The molecule has 1 unspecified atom stereocenters. The Hall–Kier alpha value is -1.88. The van der Waals surface area contributed by atoms with Gasteiger partial charge in [0.25, 0.3) is 0 Å². The summed E-state index contributed by atoms with van der Waals surface area (Å²) in [6.45, 7) is 9.48. The number of hydrogen-bond acceptors (Lipinski definition) is 5. The monoisotopic (exact) mass is 555 g/mol. The molecular formula is C23H38IN7O. The molecule has 2 N–H and O–H groups in total. The Morgan fingerprint density at radius 1 is 1.16 bits per heavy atom. The number of aryl methyl sites for hydroxylation is 1. The van der Waals surface area contributed by atoms with Gasteiger partial charge < -0.3 is 19.9 Å². The van der Waals surface area contributed by atoms with Gasteiger partial charge >= 0.3 is 0 Å². The first-order chi connectivity index (χ1) is 15.3. The number of ether oxygens (including phenoxy) is 1. The molecule has 2 heterocycles. The van der Waals surface area contributed by atoms with Crippen LogP contribution in [0.25, 0.3) is 0 Å². The summed E-state index contributed by atoms with van der Waals surface area (Å²) in [5, 5.41) is 15.0. The molecule has 0 saturated carbocycles. The zero-order chi connectivity index (χ0) is 21.9. The number of likely N-dealkylation sites (tertiary alicyclic amines) is 1. The number of halogens is 1. The van der Waals surface area contributed by atoms with E-state index in [1.54, 1.807) is 13.4 Å². The second kappa shape index (κ2) is 14.3. The number of nitrogens with one attached hydrogen (secondary N) is 2. The number of benzene rings is 1. The lowest BCUT2D eigenvalue weighted by Gasteiger charge is -2.34. The van der Waals surface area contributed by atoms with E-state index in [2.05, 4.69) is 56.3 Å². The van der Waals surface area contributed by atoms with Crippen molar-refractivity contribution in [1.29, 1.82) is 0 Å². The summed E-state index contributed by atoms with van der Waals surface area (Å²) < 4.78 is 7.76. The molecule has 0 spiro atoms. The molecule has 32 heavy (non-hydrogen) atoms. The molecule has 0 radical (unpaired) electrons. The van der Waals surface area contributed by atoms with Crippen LogP contribution in [0.4, 0.5) is 0 Å². The molecule has 9 heteroatoms. The van der Waals surface area contributed by atoms with Gasteiger partial charge in [-0.3, -0.25) is 9.89 Å². The molecule has 1 atom stereocenters. The van der Waals surface area contributed by atoms with Crippen molar-refractivity contribution >= 4 is 29.9 Å². The van der Waals surface area contributed by atoms with Crippen molar-refractivity contribution < 1.29 is 4.74 Å². The minimum atomic E-state index is 0. The number of para-hydroxylation sites is 1. The molecule has 178 valence electrons. The van der Waals surface area contributed by atoms with E-state index in [0.717, 1.165) is 56.7 Å². The van der Waals surface area contributed by atoms with Crippen molar-refractivity contribution in [2.24, 2.45) is 4.99 Å². The van der Waals surface area contributed by atoms with E-state index in [-0.39, 0.29) is 30.0 Å². The van der Waals surface area contributed by atoms with Gasteiger partial charge in [0.2, 0.25) is 0 Å². The number of aliphatic imine (C=N–C) groups is 1. The second-order valence-electron chi connectivity index (χ2n) is 7.79. The lowest BCUT2D eigenvalue weighted by atomic mass is 10.0. The standard InChI is InChI=1S/C23H37N7O.HI/c1-4-22-28-27-18-30(22)16-13-25-23(24-5-2)26-17-20(29-14-9-6-10-15-29)19-11-7-8-12-21(19)31-3;/h7-8,11-12,18,20H,4-6,9-10,13-17H2,1-3H3,(H2,24,25,26);1H. The molecule has 1 saturated heterocycles. The highest BCUT2D eigenvalue weighted by molar-refractivity contribution is 14.0. The quantitative estimate of drug-likeness (QED) is 0.266. The van der Waals surface area contributed by atoms with Crippen LogP contribution in [0.3, 0.4) is 0 Å². The molecule has 1 aromatic heterocycles. The minimum Gasteiger partial charge on any atom is -0.496 e. The highest BCUT2D eigenvalue weighted by Gasteiger charge is 2.24. The molecule has 2 aromatic rings. The smallest absolute Gasteiger partial charge is 0.191 e. The van der Waals surface area contributed by atoms with E-state index in [1.807, 2.05) is 12.1 Å². The van der Waals surface area contributed by atoms with Crippen molar-refractivity contribution in [3.05, 3.63) is 42.0 Å². The number of aromatic nitrogens is 3. The van der Waals surface area contributed by atoms with Gasteiger partial charge in [0.15, 0.2) is 5.96 Å². The Bertz CT molecular complexity index is 820. The first-order valence-electron chi connectivity index (χ1n) is 11.5. The maximum absolute atomic E-state index is 5.68. The number of nitrogens with zero attached hydrogens (tertiary/aromatic N) is 5. The van der Waals surface area contributed by atoms with E-state index in [9.17, 15) is 0 Å². The molecule has 1 fully saturated rings. The lowest BCUT2D eigenvalue weighted by molar-refractivity contribution is 0.165. The van der Waals surface area contributed by atoms with E-state index in [1.165, 1.54) is 24.8 Å². The Morgan fingerprint density at radius 3 is 2.66 bits per heavy atom. The first-order valence-corrected chi connectivity index (χ1v) is 11.5. The maximum Gasteiger partial charge on any atom is 0.191 e. The molecular weight excluding hydrogens is 517 g/mol. The topological polar surface area (TPSA) is 79.6 Å². The van der Waals surface area contributed by atoms with Crippen LogP contribution in [-0.2, 0) is 13.0 Å². The highest BCUT2D eigenvalue weighted by Crippen LogP contribution is 2.31. The van der Waals surface area contributed by atoms with E-state index < -0.39 is 0 Å². The maximum atomic E-state index is 5.68. The molecule has 0 bridgehead atoms. The number of hydrogen-bond donors (Lipinski definition) is 2. The van der Waals surface area contributed by atoms with Crippen molar-refractivity contribution in [1.82, 2.24) is 30.3 Å². The van der Waals surface area contributed by atoms with Gasteiger partial charge in [-0.2, -0.15) is 0 Å². The summed E-state index contributed by atoms with van der Waals surface area (Å²) in [5.74, 6) is 2.78. The Kier molecular flexibility index (Phi) is 11.8. The second-order valence-corrected chi connectivity index (χ2v) is 7.79. The highest BCUT2D eigenvalue weighted by atomic mass is 127. The van der Waals surface area contributed by atoms with Crippen molar-refractivity contribution in [2.45, 2.75) is 52.1 Å². The van der Waals surface area contributed by atoms with E-state index in [0.29, 0.717) is 6.54 Å². The molecule has 8 nitrogen and oxygen atoms in total. The van der Waals surface area contributed by atoms with Crippen LogP contribution in [0.5, 0.6) is 5.75 Å². The number of methoxy groups -OCH3 is 1. The third-order valence-corrected chi connectivity index (χ3v) is 5.75. The van der Waals surface area contributed by atoms with Gasteiger partial charge in [0.05, 0.1) is 19.7 Å². The Balaban J connectivity index is 0.00000363. The number of piperidine rings is 1. The van der Waals surface area contributed by atoms with Gasteiger partial charge in [-0.25, -0.2) is 0 Å². The summed E-state index contributed by atoms with van der Waals surface area (Å²) >= 11 is 0. The molecule has 0 aliphatic carbocycles. The fourth-order valence-corrected chi connectivity index (χ4v) is 4.14. The van der Waals surface area contributed by atoms with Crippen LogP contribution < -0.4 is 15.4 Å². The molecule has 1 aromatic carbocycles. The summed E-state index contributed by atoms with van der Waals surface area (Å²) in [4.78, 5) is 7.51. The van der Waals surface area contributed by atoms with Crippen molar-refractivity contribution in [2.75, 3.05) is 39.8 Å². The van der Waals surface area contributed by atoms with Crippen LogP contribution in [0.2, 0.25) is 0 Å². The number of rotatable bonds is 10. The average molecular weight is 556 g/mol. The van der Waals surface area contributed by atoms with Crippen molar-refractivity contribution in [3.63, 3.8) is 0 Å². The first kappa shape index (κ1) is 26.4. The molecule has 3 rings (SSSR count). The third kappa shape index (κ3) is 7.33. The Morgan fingerprint density at radius 2 is 1.94 bits per heavy atom.